The number of methoxy groups -OCH3 is 1. The molecule has 2 N–H and O–H groups in total. The largest absolute Gasteiger partial charge is 0.497 e. The molecule has 1 fully saturated rings. The van der Waals surface area contributed by atoms with Crippen molar-refractivity contribution in [3.05, 3.63) is 89.0 Å². The Morgan fingerprint density at radius 3 is 2.50 bits per heavy atom. The lowest BCUT2D eigenvalue weighted by molar-refractivity contribution is -0.124. The van der Waals surface area contributed by atoms with E-state index in [0.29, 0.717) is 29.0 Å². The molecule has 0 radical (unpaired) electrons. The number of hydrogen-bond acceptors (Lipinski definition) is 5. The zero-order valence-corrected chi connectivity index (χ0v) is 18.3. The van der Waals surface area contributed by atoms with Crippen LogP contribution in [-0.2, 0) is 16.9 Å². The standard InChI is InChI=1S/C26H20N4O4/c1-34-21-10-7-19-14-30(23(31)22(19)12-21)15-26(24(32)28-25(33)29-26)20-8-5-17(6-9-20)18-4-2-3-16(11-18)13-27/h2-12H,14-15H2,1H3,(H2,28,29,32,33). The number of rotatable bonds is 5. The molecule has 5 rings (SSSR count). The number of benzene rings is 3. The summed E-state index contributed by atoms with van der Waals surface area (Å²) >= 11 is 0. The first-order valence-corrected chi connectivity index (χ1v) is 10.6. The van der Waals surface area contributed by atoms with Gasteiger partial charge in [0, 0.05) is 12.1 Å². The number of fused-ring (bicyclic) bond motifs is 1. The molecule has 3 aromatic carbocycles. The second kappa shape index (κ2) is 8.05. The van der Waals surface area contributed by atoms with Crippen LogP contribution < -0.4 is 15.4 Å². The number of amides is 4. The summed E-state index contributed by atoms with van der Waals surface area (Å²) in [5, 5.41) is 14.2. The van der Waals surface area contributed by atoms with Crippen molar-refractivity contribution >= 4 is 17.8 Å². The van der Waals surface area contributed by atoms with Crippen LogP contribution in [0.2, 0.25) is 0 Å². The monoisotopic (exact) mass is 452 g/mol. The van der Waals surface area contributed by atoms with Crippen LogP contribution in [-0.4, -0.2) is 36.4 Å². The first kappa shape index (κ1) is 21.2. The highest BCUT2D eigenvalue weighted by molar-refractivity contribution is 6.08. The van der Waals surface area contributed by atoms with Gasteiger partial charge in [-0.25, -0.2) is 4.79 Å². The molecule has 2 aliphatic rings. The number of nitrogens with one attached hydrogen (secondary N) is 2. The summed E-state index contributed by atoms with van der Waals surface area (Å²) in [4.78, 5) is 39.9. The Kier molecular flexibility index (Phi) is 5.02. The molecule has 2 heterocycles. The molecule has 3 aromatic rings. The van der Waals surface area contributed by atoms with Gasteiger partial charge in [-0.2, -0.15) is 5.26 Å². The SMILES string of the molecule is COc1ccc2c(c1)C(=O)N(CC1(c3ccc(-c4cccc(C#N)c4)cc3)NC(=O)NC1=O)C2. The van der Waals surface area contributed by atoms with Crippen molar-refractivity contribution in [2.75, 3.05) is 13.7 Å². The topological polar surface area (TPSA) is 112 Å². The number of carbonyl (C=O) groups is 3. The maximum atomic E-state index is 13.1. The molecule has 4 amide bonds. The van der Waals surface area contributed by atoms with Gasteiger partial charge in [0.1, 0.15) is 5.75 Å². The normalized spacial score (nSPS) is 18.8. The molecule has 8 heteroatoms. The quantitative estimate of drug-likeness (QED) is 0.578. The third kappa shape index (κ3) is 3.44. The van der Waals surface area contributed by atoms with Crippen LogP contribution in [0.25, 0.3) is 11.1 Å². The number of nitrogens with zero attached hydrogens (tertiary/aromatic N) is 2. The van der Waals surface area contributed by atoms with Crippen LogP contribution in [0.4, 0.5) is 4.79 Å². The molecule has 2 aliphatic heterocycles. The second-order valence-corrected chi connectivity index (χ2v) is 8.27. The minimum absolute atomic E-state index is 0.0241. The number of ether oxygens (including phenoxy) is 1. The number of carbonyl (C=O) groups excluding carboxylic acids is 3. The molecule has 0 spiro atoms. The van der Waals surface area contributed by atoms with Crippen LogP contribution in [0.5, 0.6) is 5.75 Å². The van der Waals surface area contributed by atoms with Crippen LogP contribution >= 0.6 is 0 Å². The minimum Gasteiger partial charge on any atom is -0.497 e. The van der Waals surface area contributed by atoms with Crippen molar-refractivity contribution < 1.29 is 19.1 Å². The summed E-state index contributed by atoms with van der Waals surface area (Å²) in [6.07, 6.45) is 0. The molecule has 168 valence electrons. The van der Waals surface area contributed by atoms with Crippen molar-refractivity contribution in [1.29, 1.82) is 5.26 Å². The highest BCUT2D eigenvalue weighted by atomic mass is 16.5. The van der Waals surface area contributed by atoms with Crippen molar-refractivity contribution in [1.82, 2.24) is 15.5 Å². The van der Waals surface area contributed by atoms with Gasteiger partial charge < -0.3 is 15.0 Å². The Hall–Kier alpha value is -4.64. The van der Waals surface area contributed by atoms with Crippen molar-refractivity contribution in [3.8, 4) is 22.9 Å². The Morgan fingerprint density at radius 2 is 1.82 bits per heavy atom. The average Bonchev–Trinajstić information content (AvgIpc) is 3.33. The predicted molar refractivity (Wildman–Crippen MR) is 123 cm³/mol. The summed E-state index contributed by atoms with van der Waals surface area (Å²) in [7, 11) is 1.53. The molecule has 1 atom stereocenters. The fourth-order valence-electron chi connectivity index (χ4n) is 4.49. The first-order valence-electron chi connectivity index (χ1n) is 10.6. The zero-order chi connectivity index (χ0) is 23.9. The van der Waals surface area contributed by atoms with Gasteiger partial charge in [-0.1, -0.05) is 42.5 Å². The lowest BCUT2D eigenvalue weighted by Crippen LogP contribution is -2.52. The fourth-order valence-corrected chi connectivity index (χ4v) is 4.49. The number of hydrogen-bond donors (Lipinski definition) is 2. The first-order chi connectivity index (χ1) is 16.4. The van der Waals surface area contributed by atoms with Crippen molar-refractivity contribution in [2.45, 2.75) is 12.1 Å². The van der Waals surface area contributed by atoms with Gasteiger partial charge in [0.2, 0.25) is 0 Å². The van der Waals surface area contributed by atoms with Gasteiger partial charge in [-0.3, -0.25) is 14.9 Å². The molecule has 0 bridgehead atoms. The fraction of sp³-hybridized carbons (Fsp3) is 0.154. The molecule has 34 heavy (non-hydrogen) atoms. The molecular weight excluding hydrogens is 432 g/mol. The lowest BCUT2D eigenvalue weighted by atomic mass is 9.88. The number of imide groups is 1. The Balaban J connectivity index is 1.48. The number of nitriles is 1. The molecule has 0 aromatic heterocycles. The third-order valence-corrected chi connectivity index (χ3v) is 6.27. The van der Waals surface area contributed by atoms with Crippen LogP contribution in [0.3, 0.4) is 0 Å². The van der Waals surface area contributed by atoms with E-state index in [1.165, 1.54) is 7.11 Å². The molecule has 8 nitrogen and oxygen atoms in total. The highest BCUT2D eigenvalue weighted by Crippen LogP contribution is 2.33. The maximum absolute atomic E-state index is 13.1. The summed E-state index contributed by atoms with van der Waals surface area (Å²) in [5.74, 6) is -0.170. The molecule has 1 unspecified atom stereocenters. The maximum Gasteiger partial charge on any atom is 0.322 e. The van der Waals surface area contributed by atoms with E-state index in [9.17, 15) is 14.4 Å². The van der Waals surface area contributed by atoms with E-state index in [1.807, 2.05) is 24.3 Å². The third-order valence-electron chi connectivity index (χ3n) is 6.27. The molecular formula is C26H20N4O4. The van der Waals surface area contributed by atoms with Gasteiger partial charge in [0.15, 0.2) is 5.54 Å². The van der Waals surface area contributed by atoms with E-state index >= 15 is 0 Å². The van der Waals surface area contributed by atoms with Gasteiger partial charge in [0.25, 0.3) is 11.8 Å². The van der Waals surface area contributed by atoms with Crippen molar-refractivity contribution in [3.63, 3.8) is 0 Å². The lowest BCUT2D eigenvalue weighted by Gasteiger charge is -2.31. The van der Waals surface area contributed by atoms with Crippen LogP contribution in [0, 0.1) is 11.3 Å². The summed E-state index contributed by atoms with van der Waals surface area (Å²) in [5.41, 5.74) is 2.74. The van der Waals surface area contributed by atoms with Gasteiger partial charge in [0.05, 0.1) is 25.3 Å². The van der Waals surface area contributed by atoms with Crippen LogP contribution in [0.15, 0.2) is 66.7 Å². The van der Waals surface area contributed by atoms with Crippen LogP contribution in [0.1, 0.15) is 27.0 Å². The van der Waals surface area contributed by atoms with Gasteiger partial charge in [-0.05, 0) is 46.5 Å². The Bertz CT molecular complexity index is 1380. The van der Waals surface area contributed by atoms with E-state index in [1.54, 1.807) is 47.4 Å². The van der Waals surface area contributed by atoms with E-state index < -0.39 is 17.5 Å². The summed E-state index contributed by atoms with van der Waals surface area (Å²) in [6.45, 7) is 0.297. The Labute approximate surface area is 195 Å². The minimum atomic E-state index is -1.42. The second-order valence-electron chi connectivity index (χ2n) is 8.27. The average molecular weight is 452 g/mol. The molecule has 0 aliphatic carbocycles. The van der Waals surface area contributed by atoms with Crippen molar-refractivity contribution in [2.24, 2.45) is 0 Å². The van der Waals surface area contributed by atoms with E-state index in [4.69, 9.17) is 10.00 Å². The summed E-state index contributed by atoms with van der Waals surface area (Å²) < 4.78 is 5.23. The van der Waals surface area contributed by atoms with Gasteiger partial charge in [-0.15, -0.1) is 0 Å². The highest BCUT2D eigenvalue weighted by Gasteiger charge is 2.50. The molecule has 1 saturated heterocycles. The smallest absolute Gasteiger partial charge is 0.322 e. The Morgan fingerprint density at radius 1 is 1.03 bits per heavy atom. The zero-order valence-electron chi connectivity index (χ0n) is 18.3. The van der Waals surface area contributed by atoms with E-state index in [-0.39, 0.29) is 12.5 Å². The number of urea groups is 1. The van der Waals surface area contributed by atoms with E-state index in [0.717, 1.165) is 16.7 Å². The predicted octanol–water partition coefficient (Wildman–Crippen LogP) is 2.92. The van der Waals surface area contributed by atoms with E-state index in [2.05, 4.69) is 16.7 Å². The summed E-state index contributed by atoms with van der Waals surface area (Å²) in [6, 6.07) is 21.2. The molecule has 0 saturated carbocycles. The van der Waals surface area contributed by atoms with Gasteiger partial charge >= 0.3 is 6.03 Å².